The van der Waals surface area contributed by atoms with Crippen molar-refractivity contribution in [1.82, 2.24) is 25.6 Å². The van der Waals surface area contributed by atoms with Crippen LogP contribution in [0.25, 0.3) is 0 Å². The molecule has 150 valence electrons. The van der Waals surface area contributed by atoms with E-state index in [1.54, 1.807) is 6.26 Å². The molecule has 8 nitrogen and oxygen atoms in total. The molecule has 2 N–H and O–H groups in total. The molecule has 1 aliphatic carbocycles. The van der Waals surface area contributed by atoms with Crippen molar-refractivity contribution in [1.29, 1.82) is 0 Å². The van der Waals surface area contributed by atoms with Gasteiger partial charge < -0.3 is 20.1 Å². The summed E-state index contributed by atoms with van der Waals surface area (Å²) < 4.78 is 4.90. The molecule has 0 aromatic carbocycles. The lowest BCUT2D eigenvalue weighted by atomic mass is 9.95. The lowest BCUT2D eigenvalue weighted by molar-refractivity contribution is -0.120. The van der Waals surface area contributed by atoms with E-state index in [1.165, 1.54) is 19.3 Å². The molecule has 0 unspecified atom stereocenters. The minimum atomic E-state index is 0.0296. The first-order chi connectivity index (χ1) is 13.2. The summed E-state index contributed by atoms with van der Waals surface area (Å²) in [5.74, 6) is 0.861. The third kappa shape index (κ3) is 6.23. The zero-order valence-electron chi connectivity index (χ0n) is 16.3. The van der Waals surface area contributed by atoms with E-state index in [0.717, 1.165) is 63.8 Å². The smallest absolute Gasteiger partial charge is 0.242 e. The molecule has 0 spiro atoms. The molecule has 0 atom stereocenters. The highest BCUT2D eigenvalue weighted by Gasteiger charge is 2.21. The van der Waals surface area contributed by atoms with E-state index in [9.17, 15) is 4.79 Å². The number of hydrogen-bond donors (Lipinski definition) is 2. The molecule has 1 aromatic rings. The Hall–Kier alpha value is -2.09. The Morgan fingerprint density at radius 3 is 2.70 bits per heavy atom. The number of aliphatic imine (C=N–C) groups is 1. The third-order valence-corrected chi connectivity index (χ3v) is 5.23. The van der Waals surface area contributed by atoms with Gasteiger partial charge in [-0.15, -0.1) is 0 Å². The predicted molar refractivity (Wildman–Crippen MR) is 104 cm³/mol. The van der Waals surface area contributed by atoms with Crippen molar-refractivity contribution in [2.24, 2.45) is 4.99 Å². The average Bonchev–Trinajstić information content (AvgIpc) is 3.20. The van der Waals surface area contributed by atoms with Crippen molar-refractivity contribution in [3.8, 4) is 0 Å². The number of carbonyl (C=O) groups excluding carboxylic acids is 1. The standard InChI is InChI=1S/C19H32N6O2/c1-2-20-19(21-14-18(26)22-16-6-4-3-5-7-16)25-11-9-24(10-12-25)15-17-8-13-27-23-17/h8,13,16H,2-7,9-12,14-15H2,1H3,(H,20,21)(H,22,26). The second-order valence-electron chi connectivity index (χ2n) is 7.33. The number of hydrogen-bond acceptors (Lipinski definition) is 5. The Kier molecular flexibility index (Phi) is 7.50. The molecule has 1 aromatic heterocycles. The first-order valence-corrected chi connectivity index (χ1v) is 10.2. The van der Waals surface area contributed by atoms with E-state index >= 15 is 0 Å². The zero-order valence-corrected chi connectivity index (χ0v) is 16.3. The van der Waals surface area contributed by atoms with Gasteiger partial charge in [-0.3, -0.25) is 9.69 Å². The van der Waals surface area contributed by atoms with E-state index in [1.807, 2.05) is 6.07 Å². The number of rotatable bonds is 6. The molecule has 1 aliphatic heterocycles. The van der Waals surface area contributed by atoms with E-state index in [0.29, 0.717) is 6.04 Å². The van der Waals surface area contributed by atoms with Crippen LogP contribution in [-0.4, -0.2) is 72.1 Å². The maximum absolute atomic E-state index is 12.2. The lowest BCUT2D eigenvalue weighted by Gasteiger charge is -2.36. The lowest BCUT2D eigenvalue weighted by Crippen LogP contribution is -2.52. The van der Waals surface area contributed by atoms with E-state index in [2.05, 4.69) is 37.5 Å². The molecule has 0 radical (unpaired) electrons. The fourth-order valence-corrected chi connectivity index (χ4v) is 3.76. The SMILES string of the molecule is CCNC(=NCC(=O)NC1CCCCC1)N1CCN(Cc2ccon2)CC1. The van der Waals surface area contributed by atoms with Gasteiger partial charge in [0.15, 0.2) is 5.96 Å². The molecule has 2 aliphatic rings. The quantitative estimate of drug-likeness (QED) is 0.573. The number of nitrogens with one attached hydrogen (secondary N) is 2. The first-order valence-electron chi connectivity index (χ1n) is 10.2. The third-order valence-electron chi connectivity index (χ3n) is 5.23. The summed E-state index contributed by atoms with van der Waals surface area (Å²) >= 11 is 0. The topological polar surface area (TPSA) is 86.0 Å². The van der Waals surface area contributed by atoms with Gasteiger partial charge in [-0.05, 0) is 19.8 Å². The van der Waals surface area contributed by atoms with E-state index in [4.69, 9.17) is 4.52 Å². The van der Waals surface area contributed by atoms with Gasteiger partial charge in [0.25, 0.3) is 0 Å². The molecule has 2 heterocycles. The molecular weight excluding hydrogens is 344 g/mol. The highest BCUT2D eigenvalue weighted by molar-refractivity contribution is 5.85. The normalized spacial score (nSPS) is 19.9. The van der Waals surface area contributed by atoms with Gasteiger partial charge in [0.1, 0.15) is 12.8 Å². The molecule has 1 saturated heterocycles. The molecule has 27 heavy (non-hydrogen) atoms. The summed E-state index contributed by atoms with van der Waals surface area (Å²) in [5, 5.41) is 10.4. The maximum Gasteiger partial charge on any atom is 0.242 e. The summed E-state index contributed by atoms with van der Waals surface area (Å²) in [4.78, 5) is 21.4. The Morgan fingerprint density at radius 2 is 2.04 bits per heavy atom. The Labute approximate surface area is 161 Å². The second kappa shape index (κ2) is 10.3. The molecule has 2 fully saturated rings. The first kappa shape index (κ1) is 19.7. The molecular formula is C19H32N6O2. The largest absolute Gasteiger partial charge is 0.364 e. The van der Waals surface area contributed by atoms with Gasteiger partial charge in [-0.1, -0.05) is 24.4 Å². The van der Waals surface area contributed by atoms with Gasteiger partial charge in [0, 0.05) is 51.4 Å². The molecule has 1 amide bonds. The van der Waals surface area contributed by atoms with Crippen LogP contribution in [0.15, 0.2) is 21.8 Å². The molecule has 3 rings (SSSR count). The summed E-state index contributed by atoms with van der Waals surface area (Å²) in [6, 6.07) is 2.24. The second-order valence-corrected chi connectivity index (χ2v) is 7.33. The summed E-state index contributed by atoms with van der Waals surface area (Å²) in [6.45, 7) is 7.49. The van der Waals surface area contributed by atoms with Crippen molar-refractivity contribution in [2.45, 2.75) is 51.6 Å². The maximum atomic E-state index is 12.2. The van der Waals surface area contributed by atoms with Crippen molar-refractivity contribution >= 4 is 11.9 Å². The number of guanidine groups is 1. The van der Waals surface area contributed by atoms with Crippen LogP contribution < -0.4 is 10.6 Å². The van der Waals surface area contributed by atoms with E-state index < -0.39 is 0 Å². The molecule has 1 saturated carbocycles. The van der Waals surface area contributed by atoms with Crippen molar-refractivity contribution in [3.05, 3.63) is 18.0 Å². The van der Waals surface area contributed by atoms with Crippen LogP contribution in [0.3, 0.4) is 0 Å². The molecule has 8 heteroatoms. The number of carbonyl (C=O) groups is 1. The summed E-state index contributed by atoms with van der Waals surface area (Å²) in [7, 11) is 0. The number of nitrogens with zero attached hydrogens (tertiary/aromatic N) is 4. The fourth-order valence-electron chi connectivity index (χ4n) is 3.76. The van der Waals surface area contributed by atoms with Crippen LogP contribution in [0.5, 0.6) is 0 Å². The van der Waals surface area contributed by atoms with Gasteiger partial charge in [-0.2, -0.15) is 0 Å². The predicted octanol–water partition coefficient (Wildman–Crippen LogP) is 1.21. The highest BCUT2D eigenvalue weighted by Crippen LogP contribution is 2.17. The van der Waals surface area contributed by atoms with Crippen molar-refractivity contribution < 1.29 is 9.32 Å². The average molecular weight is 377 g/mol. The number of piperazine rings is 1. The summed E-state index contributed by atoms with van der Waals surface area (Å²) in [5.41, 5.74) is 0.961. The minimum absolute atomic E-state index is 0.0296. The van der Waals surface area contributed by atoms with Crippen LogP contribution in [0.2, 0.25) is 0 Å². The number of aromatic nitrogens is 1. The van der Waals surface area contributed by atoms with Crippen LogP contribution in [-0.2, 0) is 11.3 Å². The summed E-state index contributed by atoms with van der Waals surface area (Å²) in [6.07, 6.45) is 7.54. The van der Waals surface area contributed by atoms with Gasteiger partial charge in [0.05, 0.1) is 5.69 Å². The van der Waals surface area contributed by atoms with Crippen molar-refractivity contribution in [3.63, 3.8) is 0 Å². The van der Waals surface area contributed by atoms with Crippen LogP contribution in [0.1, 0.15) is 44.7 Å². The van der Waals surface area contributed by atoms with Crippen LogP contribution >= 0.6 is 0 Å². The Balaban J connectivity index is 1.46. The van der Waals surface area contributed by atoms with Gasteiger partial charge in [0.2, 0.25) is 5.91 Å². The van der Waals surface area contributed by atoms with E-state index in [-0.39, 0.29) is 12.5 Å². The minimum Gasteiger partial charge on any atom is -0.364 e. The molecule has 0 bridgehead atoms. The Morgan fingerprint density at radius 1 is 1.26 bits per heavy atom. The highest BCUT2D eigenvalue weighted by atomic mass is 16.5. The zero-order chi connectivity index (χ0) is 18.9. The van der Waals surface area contributed by atoms with Crippen LogP contribution in [0, 0.1) is 0 Å². The van der Waals surface area contributed by atoms with Crippen LogP contribution in [0.4, 0.5) is 0 Å². The number of amides is 1. The van der Waals surface area contributed by atoms with Gasteiger partial charge >= 0.3 is 0 Å². The Bertz CT molecular complexity index is 589. The fraction of sp³-hybridized carbons (Fsp3) is 0.737. The van der Waals surface area contributed by atoms with Crippen molar-refractivity contribution in [2.75, 3.05) is 39.3 Å². The van der Waals surface area contributed by atoms with Gasteiger partial charge in [-0.25, -0.2) is 4.99 Å². The monoisotopic (exact) mass is 376 g/mol.